The van der Waals surface area contributed by atoms with Gasteiger partial charge >= 0.3 is 0 Å². The van der Waals surface area contributed by atoms with Crippen molar-refractivity contribution in [2.75, 3.05) is 5.32 Å². The lowest BCUT2D eigenvalue weighted by molar-refractivity contribution is -0.116. The van der Waals surface area contributed by atoms with Crippen LogP contribution in [0.3, 0.4) is 0 Å². The van der Waals surface area contributed by atoms with Gasteiger partial charge in [0.1, 0.15) is 12.4 Å². The predicted octanol–water partition coefficient (Wildman–Crippen LogP) is 2.12. The Morgan fingerprint density at radius 1 is 1.19 bits per heavy atom. The molecule has 0 unspecified atom stereocenters. The van der Waals surface area contributed by atoms with E-state index in [1.54, 1.807) is 13.8 Å². The zero-order valence-corrected chi connectivity index (χ0v) is 12.7. The maximum atomic E-state index is 12.1. The van der Waals surface area contributed by atoms with Gasteiger partial charge in [0, 0.05) is 17.4 Å². The second-order valence-electron chi connectivity index (χ2n) is 5.24. The molecule has 21 heavy (non-hydrogen) atoms. The summed E-state index contributed by atoms with van der Waals surface area (Å²) in [6.45, 7) is 7.34. The summed E-state index contributed by atoms with van der Waals surface area (Å²) in [5.41, 5.74) is 3.27. The average Bonchev–Trinajstić information content (AvgIpc) is 2.38. The highest BCUT2D eigenvalue weighted by Gasteiger charge is 2.10. The number of benzene rings is 1. The second-order valence-corrected chi connectivity index (χ2v) is 5.24. The van der Waals surface area contributed by atoms with Crippen LogP contribution in [-0.2, 0) is 11.3 Å². The van der Waals surface area contributed by atoms with E-state index in [0.29, 0.717) is 11.5 Å². The van der Waals surface area contributed by atoms with Crippen LogP contribution in [0.4, 0.5) is 5.69 Å². The number of carbonyl (C=O) groups is 1. The zero-order valence-electron chi connectivity index (χ0n) is 12.7. The third-order valence-electron chi connectivity index (χ3n) is 3.30. The fourth-order valence-corrected chi connectivity index (χ4v) is 2.16. The number of nitrogens with zero attached hydrogens (tertiary/aromatic N) is 2. The largest absolute Gasteiger partial charge is 0.324 e. The number of hydrogen-bond acceptors (Lipinski definition) is 3. The van der Waals surface area contributed by atoms with E-state index in [1.165, 1.54) is 10.6 Å². The van der Waals surface area contributed by atoms with Gasteiger partial charge in [0.15, 0.2) is 0 Å². The van der Waals surface area contributed by atoms with Gasteiger partial charge in [-0.1, -0.05) is 12.1 Å². The van der Waals surface area contributed by atoms with Crippen LogP contribution >= 0.6 is 0 Å². The molecule has 0 spiro atoms. The molecular weight excluding hydrogens is 266 g/mol. The maximum Gasteiger partial charge on any atom is 0.254 e. The Morgan fingerprint density at radius 2 is 1.90 bits per heavy atom. The lowest BCUT2D eigenvalue weighted by Crippen LogP contribution is -2.30. The molecule has 0 aliphatic heterocycles. The summed E-state index contributed by atoms with van der Waals surface area (Å²) in [4.78, 5) is 28.3. The topological polar surface area (TPSA) is 64.0 Å². The van der Waals surface area contributed by atoms with E-state index in [2.05, 4.69) is 10.3 Å². The van der Waals surface area contributed by atoms with Crippen LogP contribution in [0.15, 0.2) is 29.1 Å². The number of anilines is 1. The third kappa shape index (κ3) is 3.56. The van der Waals surface area contributed by atoms with Crippen LogP contribution in [0.5, 0.6) is 0 Å². The molecule has 0 saturated carbocycles. The molecule has 0 bridgehead atoms. The van der Waals surface area contributed by atoms with Crippen molar-refractivity contribution in [3.05, 3.63) is 57.3 Å². The Hall–Kier alpha value is -2.43. The molecule has 0 saturated heterocycles. The van der Waals surface area contributed by atoms with E-state index in [-0.39, 0.29) is 18.0 Å². The molecule has 1 aromatic carbocycles. The standard InChI is InChI=1S/C16H19N3O2/c1-10-5-6-11(2)14(7-10)18-15(20)9-19-13(4)17-12(3)8-16(19)21/h5-8H,9H2,1-4H3,(H,18,20). The monoisotopic (exact) mass is 285 g/mol. The first-order valence-electron chi connectivity index (χ1n) is 6.79. The Kier molecular flexibility index (Phi) is 4.21. The van der Waals surface area contributed by atoms with Gasteiger partial charge < -0.3 is 5.32 Å². The molecule has 1 heterocycles. The highest BCUT2D eigenvalue weighted by atomic mass is 16.2. The van der Waals surface area contributed by atoms with Crippen LogP contribution in [0.1, 0.15) is 22.6 Å². The van der Waals surface area contributed by atoms with Gasteiger partial charge in [0.25, 0.3) is 5.56 Å². The highest BCUT2D eigenvalue weighted by Crippen LogP contribution is 2.16. The van der Waals surface area contributed by atoms with Gasteiger partial charge in [-0.15, -0.1) is 0 Å². The Balaban J connectivity index is 2.20. The van der Waals surface area contributed by atoms with Crippen molar-refractivity contribution >= 4 is 11.6 Å². The predicted molar refractivity (Wildman–Crippen MR) is 82.5 cm³/mol. The first-order valence-corrected chi connectivity index (χ1v) is 6.79. The zero-order chi connectivity index (χ0) is 15.6. The molecule has 0 aliphatic carbocycles. The van der Waals surface area contributed by atoms with E-state index >= 15 is 0 Å². The summed E-state index contributed by atoms with van der Waals surface area (Å²) >= 11 is 0. The van der Waals surface area contributed by atoms with E-state index in [0.717, 1.165) is 16.8 Å². The lowest BCUT2D eigenvalue weighted by atomic mass is 10.1. The van der Waals surface area contributed by atoms with Crippen LogP contribution < -0.4 is 10.9 Å². The number of carbonyl (C=O) groups excluding carboxylic acids is 1. The minimum Gasteiger partial charge on any atom is -0.324 e. The Morgan fingerprint density at radius 3 is 2.57 bits per heavy atom. The number of aromatic nitrogens is 2. The minimum atomic E-state index is -0.237. The van der Waals surface area contributed by atoms with Gasteiger partial charge in [-0.05, 0) is 44.9 Å². The summed E-state index contributed by atoms with van der Waals surface area (Å²) in [6, 6.07) is 7.29. The van der Waals surface area contributed by atoms with Gasteiger partial charge in [-0.3, -0.25) is 14.2 Å². The molecular formula is C16H19N3O2. The van der Waals surface area contributed by atoms with Crippen molar-refractivity contribution in [3.63, 3.8) is 0 Å². The molecule has 5 nitrogen and oxygen atoms in total. The summed E-state index contributed by atoms with van der Waals surface area (Å²) < 4.78 is 1.37. The van der Waals surface area contributed by atoms with Gasteiger partial charge in [0.2, 0.25) is 5.91 Å². The van der Waals surface area contributed by atoms with Crippen LogP contribution in [0.2, 0.25) is 0 Å². The van der Waals surface area contributed by atoms with Crippen LogP contribution in [0, 0.1) is 27.7 Å². The van der Waals surface area contributed by atoms with Crippen molar-refractivity contribution in [1.82, 2.24) is 9.55 Å². The van der Waals surface area contributed by atoms with E-state index < -0.39 is 0 Å². The van der Waals surface area contributed by atoms with Crippen molar-refractivity contribution in [1.29, 1.82) is 0 Å². The van der Waals surface area contributed by atoms with E-state index in [4.69, 9.17) is 0 Å². The van der Waals surface area contributed by atoms with Crippen molar-refractivity contribution in [2.24, 2.45) is 0 Å². The summed E-state index contributed by atoms with van der Waals surface area (Å²) in [5.74, 6) is 0.302. The molecule has 0 aliphatic rings. The van der Waals surface area contributed by atoms with Crippen LogP contribution in [-0.4, -0.2) is 15.5 Å². The molecule has 1 amide bonds. The molecule has 0 atom stereocenters. The fourth-order valence-electron chi connectivity index (χ4n) is 2.16. The molecule has 110 valence electrons. The quantitative estimate of drug-likeness (QED) is 0.939. The summed E-state index contributed by atoms with van der Waals surface area (Å²) in [5, 5.41) is 2.84. The normalized spacial score (nSPS) is 10.5. The molecule has 0 radical (unpaired) electrons. The number of amides is 1. The molecule has 1 N–H and O–H groups in total. The Bertz CT molecular complexity index is 748. The van der Waals surface area contributed by atoms with E-state index in [1.807, 2.05) is 32.0 Å². The van der Waals surface area contributed by atoms with Crippen molar-refractivity contribution < 1.29 is 4.79 Å². The highest BCUT2D eigenvalue weighted by molar-refractivity contribution is 5.91. The number of hydrogen-bond donors (Lipinski definition) is 1. The smallest absolute Gasteiger partial charge is 0.254 e. The first kappa shape index (κ1) is 15.0. The van der Waals surface area contributed by atoms with Crippen LogP contribution in [0.25, 0.3) is 0 Å². The first-order chi connectivity index (χ1) is 9.86. The van der Waals surface area contributed by atoms with Crippen molar-refractivity contribution in [2.45, 2.75) is 34.2 Å². The molecule has 1 aromatic heterocycles. The van der Waals surface area contributed by atoms with Gasteiger partial charge in [-0.25, -0.2) is 4.98 Å². The fraction of sp³-hybridized carbons (Fsp3) is 0.312. The number of rotatable bonds is 3. The third-order valence-corrected chi connectivity index (χ3v) is 3.30. The lowest BCUT2D eigenvalue weighted by Gasteiger charge is -2.12. The van der Waals surface area contributed by atoms with Crippen molar-refractivity contribution in [3.8, 4) is 0 Å². The molecule has 5 heteroatoms. The SMILES string of the molecule is Cc1ccc(C)c(NC(=O)Cn2c(C)nc(C)cc2=O)c1. The average molecular weight is 285 g/mol. The van der Waals surface area contributed by atoms with Gasteiger partial charge in [0.05, 0.1) is 0 Å². The maximum absolute atomic E-state index is 12.1. The molecule has 2 aromatic rings. The number of aryl methyl sites for hydroxylation is 4. The summed E-state index contributed by atoms with van der Waals surface area (Å²) in [6.07, 6.45) is 0. The minimum absolute atomic E-state index is 0.0364. The second kappa shape index (κ2) is 5.91. The Labute approximate surface area is 123 Å². The van der Waals surface area contributed by atoms with E-state index in [9.17, 15) is 9.59 Å². The molecule has 0 fully saturated rings. The summed E-state index contributed by atoms with van der Waals surface area (Å²) in [7, 11) is 0. The number of nitrogens with one attached hydrogen (secondary N) is 1. The molecule has 2 rings (SSSR count). The van der Waals surface area contributed by atoms with Gasteiger partial charge in [-0.2, -0.15) is 0 Å².